The largest absolute Gasteiger partial charge is 0.504 e. The molecule has 2 aromatic carbocycles. The Bertz CT molecular complexity index is 1620. The van der Waals surface area contributed by atoms with Gasteiger partial charge in [-0.25, -0.2) is 9.97 Å². The molecule has 0 spiro atoms. The molecule has 3 aromatic heterocycles. The molecule has 0 atom stereocenters. The topological polar surface area (TPSA) is 144 Å². The number of rotatable bonds is 5. The number of aromatic nitrogens is 2. The van der Waals surface area contributed by atoms with Crippen LogP contribution in [0, 0.1) is 10.1 Å². The fourth-order valence-electron chi connectivity index (χ4n) is 3.53. The van der Waals surface area contributed by atoms with Crippen molar-refractivity contribution in [3.05, 3.63) is 62.3 Å². The molecule has 5 aromatic rings. The second-order valence-corrected chi connectivity index (χ2v) is 9.17. The maximum absolute atomic E-state index is 11.2. The Morgan fingerprint density at radius 1 is 0.788 bits per heavy atom. The second-order valence-electron chi connectivity index (χ2n) is 6.94. The number of nitrogens with zero attached hydrogens (tertiary/aromatic N) is 3. The van der Waals surface area contributed by atoms with E-state index in [1.165, 1.54) is 18.2 Å². The summed E-state index contributed by atoms with van der Waals surface area (Å²) in [7, 11) is 0. The summed E-state index contributed by atoms with van der Waals surface area (Å²) in [6.45, 7) is 0. The Morgan fingerprint density at radius 2 is 1.30 bits per heavy atom. The van der Waals surface area contributed by atoms with Crippen molar-refractivity contribution < 1.29 is 24.7 Å². The van der Waals surface area contributed by atoms with Gasteiger partial charge in [0.05, 0.1) is 36.8 Å². The summed E-state index contributed by atoms with van der Waals surface area (Å²) in [6.07, 6.45) is 1.34. The SMILES string of the molecule is O=Cc1ccc(-c2c(O)c(O)c(-c3ccc(C=O)s3)c3nc4cc([N+](=O)[O-])ccc4nc23)s1. The van der Waals surface area contributed by atoms with E-state index in [0.29, 0.717) is 37.6 Å². The number of nitro groups is 1. The fourth-order valence-corrected chi connectivity index (χ4v) is 5.27. The minimum absolute atomic E-state index is 0.150. The number of phenolic OH excluding ortho intramolecular Hbond substituents is 2. The van der Waals surface area contributed by atoms with Crippen molar-refractivity contribution in [3.8, 4) is 32.4 Å². The standard InChI is InChI=1S/C22H11N3O6S2/c26-8-11-2-5-15(32-11)17-19-20(24-14-7-10(25(30)31)1-4-13(14)23-19)18(22(29)21(17)28)16-6-3-12(9-27)33-16/h1-9,28-29H. The summed E-state index contributed by atoms with van der Waals surface area (Å²) in [6, 6.07) is 10.4. The molecule has 2 N–H and O–H groups in total. The highest BCUT2D eigenvalue weighted by atomic mass is 32.1. The van der Waals surface area contributed by atoms with Crippen LogP contribution in [0.1, 0.15) is 19.3 Å². The molecule has 5 rings (SSSR count). The highest BCUT2D eigenvalue weighted by molar-refractivity contribution is 7.17. The lowest BCUT2D eigenvalue weighted by Crippen LogP contribution is -1.95. The third kappa shape index (κ3) is 3.30. The van der Waals surface area contributed by atoms with Gasteiger partial charge in [0.15, 0.2) is 24.1 Å². The number of aldehydes is 2. The molecule has 9 nitrogen and oxygen atoms in total. The minimum atomic E-state index is -0.547. The number of fused-ring (bicyclic) bond motifs is 2. The van der Waals surface area contributed by atoms with Crippen LogP contribution in [0.2, 0.25) is 0 Å². The van der Waals surface area contributed by atoms with Gasteiger partial charge in [0, 0.05) is 21.9 Å². The van der Waals surface area contributed by atoms with Crippen LogP contribution in [0.4, 0.5) is 5.69 Å². The molecule has 0 aliphatic carbocycles. The Balaban J connectivity index is 1.93. The van der Waals surface area contributed by atoms with Crippen LogP contribution in [0.15, 0.2) is 42.5 Å². The number of thiophene rings is 2. The van der Waals surface area contributed by atoms with Crippen LogP contribution in [-0.4, -0.2) is 37.7 Å². The van der Waals surface area contributed by atoms with Gasteiger partial charge < -0.3 is 10.2 Å². The van der Waals surface area contributed by atoms with E-state index in [2.05, 4.69) is 9.97 Å². The van der Waals surface area contributed by atoms with Gasteiger partial charge in [0.1, 0.15) is 11.0 Å². The predicted molar refractivity (Wildman–Crippen MR) is 124 cm³/mol. The number of hydrogen-bond donors (Lipinski definition) is 2. The van der Waals surface area contributed by atoms with Crippen molar-refractivity contribution in [2.24, 2.45) is 0 Å². The molecule has 3 heterocycles. The average molecular weight is 477 g/mol. The first kappa shape index (κ1) is 20.7. The molecule has 0 aliphatic heterocycles. The predicted octanol–water partition coefficient (Wildman–Crippen LogP) is 5.18. The van der Waals surface area contributed by atoms with Crippen LogP contribution in [0.25, 0.3) is 42.9 Å². The summed E-state index contributed by atoms with van der Waals surface area (Å²) in [5.74, 6) is -0.926. The Labute approximate surface area is 192 Å². The van der Waals surface area contributed by atoms with E-state index < -0.39 is 16.4 Å². The van der Waals surface area contributed by atoms with Gasteiger partial charge in [-0.3, -0.25) is 19.7 Å². The molecule has 162 valence electrons. The van der Waals surface area contributed by atoms with Crippen molar-refractivity contribution >= 4 is 63.0 Å². The maximum atomic E-state index is 11.2. The summed E-state index contributed by atoms with van der Waals surface area (Å²) in [5.41, 5.74) is 1.16. The van der Waals surface area contributed by atoms with Gasteiger partial charge in [-0.05, 0) is 30.3 Å². The van der Waals surface area contributed by atoms with Crippen LogP contribution in [0.5, 0.6) is 11.5 Å². The van der Waals surface area contributed by atoms with E-state index in [9.17, 15) is 29.9 Å². The van der Waals surface area contributed by atoms with Crippen molar-refractivity contribution in [2.75, 3.05) is 0 Å². The van der Waals surface area contributed by atoms with Gasteiger partial charge in [0.25, 0.3) is 5.69 Å². The molecular formula is C22H11N3O6S2. The van der Waals surface area contributed by atoms with E-state index in [1.807, 2.05) is 0 Å². The molecular weight excluding hydrogens is 466 g/mol. The van der Waals surface area contributed by atoms with Gasteiger partial charge in [-0.15, -0.1) is 22.7 Å². The highest BCUT2D eigenvalue weighted by Gasteiger charge is 2.26. The normalized spacial score (nSPS) is 11.2. The highest BCUT2D eigenvalue weighted by Crippen LogP contribution is 2.51. The van der Waals surface area contributed by atoms with Crippen molar-refractivity contribution in [1.29, 1.82) is 0 Å². The summed E-state index contributed by atoms with van der Waals surface area (Å²) in [4.78, 5) is 44.0. The molecule has 0 unspecified atom stereocenters. The third-order valence-corrected chi connectivity index (χ3v) is 7.07. The molecule has 0 fully saturated rings. The molecule has 0 aliphatic rings. The second kappa shape index (κ2) is 7.73. The molecule has 0 bridgehead atoms. The summed E-state index contributed by atoms with van der Waals surface area (Å²) >= 11 is 2.19. The molecule has 11 heteroatoms. The van der Waals surface area contributed by atoms with Crippen LogP contribution >= 0.6 is 22.7 Å². The lowest BCUT2D eigenvalue weighted by molar-refractivity contribution is -0.384. The van der Waals surface area contributed by atoms with Gasteiger partial charge >= 0.3 is 0 Å². The number of nitro benzene ring substituents is 1. The molecule has 33 heavy (non-hydrogen) atoms. The lowest BCUT2D eigenvalue weighted by Gasteiger charge is -2.14. The number of benzene rings is 2. The first-order chi connectivity index (χ1) is 15.9. The summed E-state index contributed by atoms with van der Waals surface area (Å²) in [5, 5.41) is 33.2. The molecule has 0 saturated carbocycles. The van der Waals surface area contributed by atoms with Crippen LogP contribution < -0.4 is 0 Å². The van der Waals surface area contributed by atoms with Crippen molar-refractivity contribution in [2.45, 2.75) is 0 Å². The van der Waals surface area contributed by atoms with Crippen molar-refractivity contribution in [1.82, 2.24) is 9.97 Å². The number of carbonyl (C=O) groups is 2. The Kier molecular flexibility index (Phi) is 4.84. The third-order valence-electron chi connectivity index (χ3n) is 5.01. The molecule has 0 saturated heterocycles. The van der Waals surface area contributed by atoms with E-state index >= 15 is 0 Å². The number of hydrogen-bond acceptors (Lipinski definition) is 10. The van der Waals surface area contributed by atoms with Gasteiger partial charge in [-0.1, -0.05) is 0 Å². The quantitative estimate of drug-likeness (QED) is 0.116. The lowest BCUT2D eigenvalue weighted by atomic mass is 10.0. The average Bonchev–Trinajstić information content (AvgIpc) is 3.48. The monoisotopic (exact) mass is 477 g/mol. The van der Waals surface area contributed by atoms with E-state index in [4.69, 9.17) is 0 Å². The van der Waals surface area contributed by atoms with E-state index in [-0.39, 0.29) is 33.4 Å². The number of carbonyl (C=O) groups excluding carboxylic acids is 2. The minimum Gasteiger partial charge on any atom is -0.504 e. The van der Waals surface area contributed by atoms with E-state index in [1.54, 1.807) is 24.3 Å². The Hall–Kier alpha value is -4.22. The number of aromatic hydroxyl groups is 2. The van der Waals surface area contributed by atoms with Gasteiger partial charge in [-0.2, -0.15) is 0 Å². The molecule has 0 radical (unpaired) electrons. The number of non-ortho nitro benzene ring substituents is 1. The maximum Gasteiger partial charge on any atom is 0.271 e. The van der Waals surface area contributed by atoms with Crippen LogP contribution in [-0.2, 0) is 0 Å². The fraction of sp³-hybridized carbons (Fsp3) is 0. The molecule has 0 amide bonds. The van der Waals surface area contributed by atoms with Gasteiger partial charge in [0.2, 0.25) is 0 Å². The zero-order valence-electron chi connectivity index (χ0n) is 16.4. The smallest absolute Gasteiger partial charge is 0.271 e. The zero-order chi connectivity index (χ0) is 23.3. The first-order valence-corrected chi connectivity index (χ1v) is 11.0. The van der Waals surface area contributed by atoms with E-state index in [0.717, 1.165) is 22.7 Å². The Morgan fingerprint density at radius 3 is 1.76 bits per heavy atom. The van der Waals surface area contributed by atoms with Crippen molar-refractivity contribution in [3.63, 3.8) is 0 Å². The number of phenols is 2. The first-order valence-electron chi connectivity index (χ1n) is 9.36. The zero-order valence-corrected chi connectivity index (χ0v) is 18.0. The van der Waals surface area contributed by atoms with Crippen LogP contribution in [0.3, 0.4) is 0 Å². The summed E-state index contributed by atoms with van der Waals surface area (Å²) < 4.78 is 0.